The topological polar surface area (TPSA) is 9.23 Å². The normalized spacial score (nSPS) is 27.0. The Morgan fingerprint density at radius 3 is 2.47 bits per heavy atom. The number of hydrogen-bond acceptors (Lipinski definition) is 1. The second-order valence-corrected chi connectivity index (χ2v) is 6.94. The van der Waals surface area contributed by atoms with E-state index in [1.54, 1.807) is 0 Å². The minimum Gasteiger partial charge on any atom is -0.495 e. The summed E-state index contributed by atoms with van der Waals surface area (Å²) in [6, 6.07) is 0. The fourth-order valence-electron chi connectivity index (χ4n) is 2.97. The lowest BCUT2D eigenvalue weighted by Gasteiger charge is -2.25. The van der Waals surface area contributed by atoms with E-state index in [-0.39, 0.29) is 0 Å². The van der Waals surface area contributed by atoms with Crippen LogP contribution >= 0.6 is 0 Å². The summed E-state index contributed by atoms with van der Waals surface area (Å²) in [4.78, 5) is 0. The molecule has 17 heavy (non-hydrogen) atoms. The first-order chi connectivity index (χ1) is 7.81. The molecule has 0 aromatic rings. The van der Waals surface area contributed by atoms with Gasteiger partial charge in [-0.25, -0.2) is 0 Å². The highest BCUT2D eigenvalue weighted by molar-refractivity contribution is 4.98. The molecule has 3 unspecified atom stereocenters. The van der Waals surface area contributed by atoms with Gasteiger partial charge in [0, 0.05) is 5.92 Å². The molecule has 0 radical (unpaired) electrons. The van der Waals surface area contributed by atoms with Gasteiger partial charge < -0.3 is 4.74 Å². The van der Waals surface area contributed by atoms with Gasteiger partial charge in [-0.15, -0.1) is 0 Å². The molecule has 0 amide bonds. The minimum absolute atomic E-state index is 0.384. The molecule has 3 atom stereocenters. The first kappa shape index (κ1) is 14.6. The van der Waals surface area contributed by atoms with E-state index in [2.05, 4.69) is 41.2 Å². The van der Waals surface area contributed by atoms with Crippen LogP contribution in [0.1, 0.15) is 66.7 Å². The highest BCUT2D eigenvalue weighted by Crippen LogP contribution is 2.35. The van der Waals surface area contributed by atoms with E-state index in [4.69, 9.17) is 4.74 Å². The molecular formula is C16H30O. The Labute approximate surface area is 108 Å². The Morgan fingerprint density at radius 1 is 1.41 bits per heavy atom. The van der Waals surface area contributed by atoms with Gasteiger partial charge in [0.05, 0.1) is 11.9 Å². The fraction of sp³-hybridized carbons (Fsp3) is 0.875. The van der Waals surface area contributed by atoms with E-state index >= 15 is 0 Å². The summed E-state index contributed by atoms with van der Waals surface area (Å²) in [5.74, 6) is 2.50. The van der Waals surface area contributed by atoms with Crippen LogP contribution in [0.2, 0.25) is 0 Å². The molecule has 0 aliphatic carbocycles. The molecule has 0 spiro atoms. The molecule has 1 fully saturated rings. The minimum atomic E-state index is 0.384. The zero-order chi connectivity index (χ0) is 13.1. The maximum Gasteiger partial charge on any atom is 0.0961 e. The molecule has 0 aromatic carbocycles. The zero-order valence-corrected chi connectivity index (χ0v) is 12.4. The van der Waals surface area contributed by atoms with Crippen molar-refractivity contribution in [3.05, 3.63) is 12.3 Å². The van der Waals surface area contributed by atoms with Gasteiger partial charge in [0.15, 0.2) is 0 Å². The predicted octanol–water partition coefficient (Wildman–Crippen LogP) is 5.17. The molecule has 0 N–H and O–H groups in total. The first-order valence-corrected chi connectivity index (χ1v) is 7.17. The Bertz CT molecular complexity index is 249. The van der Waals surface area contributed by atoms with Gasteiger partial charge >= 0.3 is 0 Å². The molecular weight excluding hydrogens is 208 g/mol. The van der Waals surface area contributed by atoms with Crippen LogP contribution in [0.25, 0.3) is 0 Å². The molecule has 1 nitrogen and oxygen atoms in total. The summed E-state index contributed by atoms with van der Waals surface area (Å²) < 4.78 is 5.65. The third-order valence-electron chi connectivity index (χ3n) is 3.83. The maximum absolute atomic E-state index is 5.65. The van der Waals surface area contributed by atoms with E-state index in [0.29, 0.717) is 17.4 Å². The summed E-state index contributed by atoms with van der Waals surface area (Å²) in [6.45, 7) is 15.5. The Balaban J connectivity index is 2.35. The Kier molecular flexibility index (Phi) is 5.09. The third kappa shape index (κ3) is 5.14. The van der Waals surface area contributed by atoms with Crippen molar-refractivity contribution in [3.8, 4) is 0 Å². The molecule has 1 rings (SSSR count). The second kappa shape index (κ2) is 5.93. The van der Waals surface area contributed by atoms with Crippen molar-refractivity contribution in [2.24, 2.45) is 17.3 Å². The molecule has 1 aliphatic rings. The molecule has 0 bridgehead atoms. The molecule has 1 aliphatic heterocycles. The van der Waals surface area contributed by atoms with E-state index in [1.165, 1.54) is 32.1 Å². The third-order valence-corrected chi connectivity index (χ3v) is 3.83. The second-order valence-electron chi connectivity index (χ2n) is 6.94. The molecule has 1 saturated heterocycles. The summed E-state index contributed by atoms with van der Waals surface area (Å²) in [5.41, 5.74) is 0.456. The summed E-state index contributed by atoms with van der Waals surface area (Å²) in [5, 5.41) is 0. The van der Waals surface area contributed by atoms with Gasteiger partial charge in [-0.2, -0.15) is 0 Å². The average Bonchev–Trinajstić information content (AvgIpc) is 2.50. The van der Waals surface area contributed by atoms with Crippen molar-refractivity contribution in [2.45, 2.75) is 72.8 Å². The Hall–Kier alpha value is -0.460. The molecule has 0 saturated carbocycles. The van der Waals surface area contributed by atoms with Gasteiger partial charge in [-0.3, -0.25) is 0 Å². The van der Waals surface area contributed by atoms with Crippen LogP contribution in [0.5, 0.6) is 0 Å². The van der Waals surface area contributed by atoms with Crippen LogP contribution < -0.4 is 0 Å². The highest BCUT2D eigenvalue weighted by Gasteiger charge is 2.27. The van der Waals surface area contributed by atoms with Gasteiger partial charge in [0.1, 0.15) is 0 Å². The molecule has 100 valence electrons. The largest absolute Gasteiger partial charge is 0.495 e. The average molecular weight is 238 g/mol. The maximum atomic E-state index is 5.65. The number of ether oxygens (including phenoxy) is 1. The van der Waals surface area contributed by atoms with Crippen LogP contribution in [0.15, 0.2) is 12.3 Å². The van der Waals surface area contributed by atoms with Gasteiger partial charge in [-0.05, 0) is 43.9 Å². The Morgan fingerprint density at radius 2 is 2.06 bits per heavy atom. The standard InChI is InChI=1S/C16H30O/c1-7-14(11-16(4,5)6)8-9-15-10-12(2)17-13(15)3/h12,14-15H,3,7-11H2,1-2,4-6H3. The van der Waals surface area contributed by atoms with Crippen LogP contribution in [0.3, 0.4) is 0 Å². The molecule has 1 heterocycles. The van der Waals surface area contributed by atoms with E-state index in [1.807, 2.05) is 0 Å². The summed E-state index contributed by atoms with van der Waals surface area (Å²) in [7, 11) is 0. The van der Waals surface area contributed by atoms with Crippen LogP contribution in [-0.2, 0) is 4.74 Å². The first-order valence-electron chi connectivity index (χ1n) is 7.17. The molecule has 0 aromatic heterocycles. The van der Waals surface area contributed by atoms with Crippen LogP contribution in [-0.4, -0.2) is 6.10 Å². The van der Waals surface area contributed by atoms with Crippen molar-refractivity contribution < 1.29 is 4.74 Å². The SMILES string of the molecule is C=C1OC(C)CC1CCC(CC)CC(C)(C)C. The van der Waals surface area contributed by atoms with Gasteiger partial charge in [0.25, 0.3) is 0 Å². The highest BCUT2D eigenvalue weighted by atomic mass is 16.5. The van der Waals surface area contributed by atoms with Crippen LogP contribution in [0.4, 0.5) is 0 Å². The summed E-state index contributed by atoms with van der Waals surface area (Å²) in [6.07, 6.45) is 6.78. The lowest BCUT2D eigenvalue weighted by atomic mass is 9.80. The smallest absolute Gasteiger partial charge is 0.0961 e. The summed E-state index contributed by atoms with van der Waals surface area (Å²) >= 11 is 0. The molecule has 1 heteroatoms. The zero-order valence-electron chi connectivity index (χ0n) is 12.4. The van der Waals surface area contributed by atoms with Crippen molar-refractivity contribution in [3.63, 3.8) is 0 Å². The number of hydrogen-bond donors (Lipinski definition) is 0. The quantitative estimate of drug-likeness (QED) is 0.642. The number of allylic oxidation sites excluding steroid dienone is 1. The van der Waals surface area contributed by atoms with Crippen molar-refractivity contribution in [2.75, 3.05) is 0 Å². The van der Waals surface area contributed by atoms with Crippen molar-refractivity contribution in [1.82, 2.24) is 0 Å². The van der Waals surface area contributed by atoms with E-state index in [0.717, 1.165) is 11.7 Å². The van der Waals surface area contributed by atoms with Crippen molar-refractivity contribution >= 4 is 0 Å². The lowest BCUT2D eigenvalue weighted by Crippen LogP contribution is -2.14. The van der Waals surface area contributed by atoms with Gasteiger partial charge in [-0.1, -0.05) is 40.7 Å². The number of rotatable bonds is 5. The lowest BCUT2D eigenvalue weighted by molar-refractivity contribution is 0.177. The van der Waals surface area contributed by atoms with E-state index in [9.17, 15) is 0 Å². The fourth-order valence-corrected chi connectivity index (χ4v) is 2.97. The van der Waals surface area contributed by atoms with Gasteiger partial charge in [0.2, 0.25) is 0 Å². The predicted molar refractivity (Wildman–Crippen MR) is 74.9 cm³/mol. The van der Waals surface area contributed by atoms with Crippen molar-refractivity contribution in [1.29, 1.82) is 0 Å². The van der Waals surface area contributed by atoms with Crippen LogP contribution in [0, 0.1) is 17.3 Å². The monoisotopic (exact) mass is 238 g/mol. The van der Waals surface area contributed by atoms with E-state index < -0.39 is 0 Å².